The molecule has 6 aliphatic rings. The van der Waals surface area contributed by atoms with E-state index in [-0.39, 0.29) is 29.1 Å². The quantitative estimate of drug-likeness (QED) is 0.169. The number of rotatable bonds is 2. The standard InChI is InChI=1S/C26H23N5O2.C19H19BrN4O2.C7H6BNO2/c1-15-20-13-25(9-8-22(20)30-33-15)12-19-7-6-18(17-5-3-4-16(10-17)14-27)11-21(19)26(25)23(32)31(2)24(28)29-26;1-10-13-9-18(6-5-15(13)23-26-10)8-11-3-4-12(20)7-14(11)19(18)16(25)24(2)17(21)22-19;9-5-6-2-1-3-7(4-6)8(10)11/h3-7,10-11H,8-9,12-13H2,1-2H3,(H2,28,29);3-4,7H,5-6,8-9H2,1-2H3,(H2,21,22);1-4,10-11H. The molecular formula is C52H48BBrN10O6. The summed E-state index contributed by atoms with van der Waals surface area (Å²) in [6.45, 7) is 3.87. The van der Waals surface area contributed by atoms with Gasteiger partial charge < -0.3 is 30.6 Å². The summed E-state index contributed by atoms with van der Waals surface area (Å²) in [5.41, 5.74) is 21.2. The predicted molar refractivity (Wildman–Crippen MR) is 263 cm³/mol. The van der Waals surface area contributed by atoms with E-state index >= 15 is 0 Å². The summed E-state index contributed by atoms with van der Waals surface area (Å²) in [5.74, 6) is 2.05. The van der Waals surface area contributed by atoms with E-state index < -0.39 is 23.6 Å². The highest BCUT2D eigenvalue weighted by Gasteiger charge is 2.68. The predicted octanol–water partition coefficient (Wildman–Crippen LogP) is 4.93. The Balaban J connectivity index is 0.000000136. The Morgan fingerprint density at radius 2 is 1.16 bits per heavy atom. The maximum absolute atomic E-state index is 13.9. The van der Waals surface area contributed by atoms with E-state index in [4.69, 9.17) is 45.8 Å². The zero-order valence-corrected chi connectivity index (χ0v) is 40.5. The van der Waals surface area contributed by atoms with Crippen molar-refractivity contribution in [3.63, 3.8) is 0 Å². The van der Waals surface area contributed by atoms with Gasteiger partial charge in [0.25, 0.3) is 11.8 Å². The van der Waals surface area contributed by atoms with Gasteiger partial charge in [-0.1, -0.05) is 68.7 Å². The number of guanidine groups is 2. The number of hydrogen-bond donors (Lipinski definition) is 4. The van der Waals surface area contributed by atoms with E-state index in [1.807, 2.05) is 50.2 Å². The average molecular weight is 1000 g/mol. The molecule has 0 saturated heterocycles. The van der Waals surface area contributed by atoms with Crippen molar-refractivity contribution in [1.82, 2.24) is 20.1 Å². The second-order valence-electron chi connectivity index (χ2n) is 19.2. The highest BCUT2D eigenvalue weighted by Crippen LogP contribution is 2.63. The Kier molecular flexibility index (Phi) is 11.2. The molecule has 2 aromatic heterocycles. The summed E-state index contributed by atoms with van der Waals surface area (Å²) in [5, 5.41) is 43.6. The van der Waals surface area contributed by atoms with Gasteiger partial charge in [-0.3, -0.25) is 19.4 Å². The minimum Gasteiger partial charge on any atom is -0.423 e. The molecule has 0 saturated carbocycles. The van der Waals surface area contributed by atoms with E-state index in [0.717, 1.165) is 111 Å². The van der Waals surface area contributed by atoms with E-state index in [1.165, 1.54) is 21.4 Å². The molecule has 4 atom stereocenters. The van der Waals surface area contributed by atoms with Gasteiger partial charge in [-0.05, 0) is 147 Å². The van der Waals surface area contributed by atoms with E-state index in [2.05, 4.69) is 56.6 Å². The van der Waals surface area contributed by atoms with Crippen molar-refractivity contribution in [2.24, 2.45) is 32.3 Å². The molecule has 4 heterocycles. The lowest BCUT2D eigenvalue weighted by Crippen LogP contribution is -2.51. The van der Waals surface area contributed by atoms with Crippen molar-refractivity contribution < 1.29 is 28.7 Å². The Labute approximate surface area is 412 Å². The van der Waals surface area contributed by atoms with Crippen molar-refractivity contribution >= 4 is 52.2 Å². The van der Waals surface area contributed by atoms with Crippen LogP contribution < -0.4 is 16.9 Å². The largest absolute Gasteiger partial charge is 0.488 e. The van der Waals surface area contributed by atoms with Gasteiger partial charge in [0, 0.05) is 40.5 Å². The van der Waals surface area contributed by atoms with Gasteiger partial charge in [0.15, 0.2) is 23.0 Å². The summed E-state index contributed by atoms with van der Waals surface area (Å²) in [4.78, 5) is 40.1. The highest BCUT2D eigenvalue weighted by atomic mass is 79.9. The molecule has 0 radical (unpaired) electrons. The van der Waals surface area contributed by atoms with Crippen LogP contribution >= 0.6 is 15.9 Å². The number of likely N-dealkylation sites (N-methyl/N-ethyl adjacent to an activating group) is 2. The van der Waals surface area contributed by atoms with Gasteiger partial charge in [0.2, 0.25) is 0 Å². The molecule has 352 valence electrons. The third kappa shape index (κ3) is 6.91. The number of aryl methyl sites for hydroxylation is 4. The first-order chi connectivity index (χ1) is 33.5. The molecule has 4 aliphatic carbocycles. The number of amides is 2. The van der Waals surface area contributed by atoms with Crippen LogP contribution in [0.5, 0.6) is 0 Å². The van der Waals surface area contributed by atoms with Gasteiger partial charge in [0.1, 0.15) is 11.5 Å². The lowest BCUT2D eigenvalue weighted by molar-refractivity contribution is -0.136. The van der Waals surface area contributed by atoms with Crippen LogP contribution in [0.2, 0.25) is 0 Å². The lowest BCUT2D eigenvalue weighted by atomic mass is 9.61. The number of nitrogens with zero attached hydrogens (tertiary/aromatic N) is 8. The smallest absolute Gasteiger partial charge is 0.423 e. The topological polar surface area (TPSA) is 257 Å². The third-order valence-electron chi connectivity index (χ3n) is 15.5. The molecule has 70 heavy (non-hydrogen) atoms. The molecule has 6 N–H and O–H groups in total. The molecule has 0 fully saturated rings. The number of benzene rings is 4. The molecule has 6 aromatic rings. The molecule has 4 spiro atoms. The summed E-state index contributed by atoms with van der Waals surface area (Å²) >= 11 is 3.56. The average Bonchev–Trinajstić information content (AvgIpc) is 4.16. The molecule has 18 heteroatoms. The molecule has 4 unspecified atom stereocenters. The normalized spacial score (nSPS) is 24.2. The Morgan fingerprint density at radius 1 is 0.671 bits per heavy atom. The molecule has 4 aromatic carbocycles. The van der Waals surface area contributed by atoms with E-state index in [1.54, 1.807) is 38.4 Å². The van der Waals surface area contributed by atoms with Crippen molar-refractivity contribution in [3.8, 4) is 23.3 Å². The maximum Gasteiger partial charge on any atom is 0.488 e. The number of carbonyl (C=O) groups excluding carboxylic acids is 2. The number of aliphatic imine (C=N–C) groups is 2. The number of nitriles is 2. The fourth-order valence-electron chi connectivity index (χ4n) is 11.9. The van der Waals surface area contributed by atoms with Gasteiger partial charge >= 0.3 is 7.12 Å². The van der Waals surface area contributed by atoms with Crippen LogP contribution in [0.25, 0.3) is 11.1 Å². The third-order valence-corrected chi connectivity index (χ3v) is 16.0. The van der Waals surface area contributed by atoms with Crippen molar-refractivity contribution in [3.05, 3.63) is 157 Å². The summed E-state index contributed by atoms with van der Waals surface area (Å²) in [7, 11) is 1.91. The minimum atomic E-state index is -1.50. The Hall–Kier alpha value is -7.38. The van der Waals surface area contributed by atoms with Gasteiger partial charge in [0.05, 0.1) is 34.7 Å². The molecule has 16 nitrogen and oxygen atoms in total. The first-order valence-electron chi connectivity index (χ1n) is 22.9. The SMILES string of the molecule is Cc1onc2c1CC1(CC2)Cc2ccc(-c3cccc(C#N)c3)cc2C12N=C(N)N(C)C2=O.Cc1onc2c1CC1(CC2)Cc2ccc(Br)cc2C12N=C(N)N(C)C2=O.N#Cc1cccc(B(O)O)c1. The second kappa shape index (κ2) is 16.9. The summed E-state index contributed by atoms with van der Waals surface area (Å²) in [6.07, 6.45) is 6.06. The molecular weight excluding hydrogens is 951 g/mol. The summed E-state index contributed by atoms with van der Waals surface area (Å²) < 4.78 is 11.9. The first-order valence-corrected chi connectivity index (χ1v) is 23.7. The van der Waals surface area contributed by atoms with Crippen LogP contribution in [-0.2, 0) is 59.2 Å². The monoisotopic (exact) mass is 998 g/mol. The van der Waals surface area contributed by atoms with Crippen LogP contribution in [0.4, 0.5) is 0 Å². The molecule has 12 rings (SSSR count). The Morgan fingerprint density at radius 3 is 1.66 bits per heavy atom. The summed E-state index contributed by atoms with van der Waals surface area (Å²) in [6, 6.07) is 30.2. The lowest BCUT2D eigenvalue weighted by Gasteiger charge is -2.43. The number of halogens is 1. The van der Waals surface area contributed by atoms with Crippen LogP contribution in [0.15, 0.2) is 108 Å². The molecule has 2 amide bonds. The molecule has 2 aliphatic heterocycles. The molecule has 0 bridgehead atoms. The number of fused-ring (bicyclic) bond motifs is 8. The van der Waals surface area contributed by atoms with Crippen LogP contribution in [0, 0.1) is 47.3 Å². The van der Waals surface area contributed by atoms with Gasteiger partial charge in [-0.2, -0.15) is 10.5 Å². The number of nitrogens with two attached hydrogens (primary N) is 2. The van der Waals surface area contributed by atoms with Crippen molar-refractivity contribution in [1.29, 1.82) is 10.5 Å². The van der Waals surface area contributed by atoms with Crippen LogP contribution in [0.3, 0.4) is 0 Å². The first kappa shape index (κ1) is 46.4. The highest BCUT2D eigenvalue weighted by molar-refractivity contribution is 9.10. The van der Waals surface area contributed by atoms with Gasteiger partial charge in [-0.15, -0.1) is 0 Å². The van der Waals surface area contributed by atoms with Gasteiger partial charge in [-0.25, -0.2) is 9.98 Å². The number of carbonyl (C=O) groups is 2. The second-order valence-corrected chi connectivity index (χ2v) is 20.1. The van der Waals surface area contributed by atoms with E-state index in [9.17, 15) is 14.9 Å². The van der Waals surface area contributed by atoms with Crippen LogP contribution in [-0.4, -0.2) is 75.1 Å². The number of hydrogen-bond acceptors (Lipinski definition) is 14. The van der Waals surface area contributed by atoms with Crippen molar-refractivity contribution in [2.75, 3.05) is 14.1 Å². The fourth-order valence-corrected chi connectivity index (χ4v) is 12.3. The van der Waals surface area contributed by atoms with E-state index in [0.29, 0.717) is 23.0 Å². The maximum atomic E-state index is 13.9. The zero-order valence-electron chi connectivity index (χ0n) is 39.0. The minimum absolute atomic E-state index is 0.0376. The fraction of sp³-hybridized carbons (Fsp3) is 0.308. The zero-order chi connectivity index (χ0) is 49.5. The van der Waals surface area contributed by atoms with Crippen LogP contribution in [0.1, 0.15) is 80.3 Å². The van der Waals surface area contributed by atoms with Crippen molar-refractivity contribution in [2.45, 2.75) is 76.3 Å². The Bertz CT molecular complexity index is 3330. The number of aromatic nitrogens is 2.